The third kappa shape index (κ3) is 3.21. The van der Waals surface area contributed by atoms with Gasteiger partial charge in [-0.2, -0.15) is 16.9 Å². The Labute approximate surface area is 72.2 Å². The molecule has 0 aromatic carbocycles. The summed E-state index contributed by atoms with van der Waals surface area (Å²) in [5, 5.41) is 3.75. The first kappa shape index (κ1) is 9.50. The molecule has 0 radical (unpaired) electrons. The summed E-state index contributed by atoms with van der Waals surface area (Å²) in [6.45, 7) is -4.69. The van der Waals surface area contributed by atoms with Crippen LogP contribution in [0.5, 0.6) is 0 Å². The van der Waals surface area contributed by atoms with Crippen molar-refractivity contribution in [3.05, 3.63) is 12.4 Å². The molecule has 0 N–H and O–H groups in total. The molecule has 0 atom stereocenters. The lowest BCUT2D eigenvalue weighted by molar-refractivity contribution is 0.485. The van der Waals surface area contributed by atoms with Crippen LogP contribution in [0.25, 0.3) is 0 Å². The molecule has 0 spiro atoms. The molecule has 68 valence electrons. The molecule has 1 aromatic rings. The molecule has 0 aliphatic heterocycles. The summed E-state index contributed by atoms with van der Waals surface area (Å²) in [5.74, 6) is 0. The van der Waals surface area contributed by atoms with Crippen LogP contribution in [0, 0.1) is 0 Å². The first-order chi connectivity index (χ1) is 5.47. The van der Waals surface area contributed by atoms with E-state index in [0.717, 1.165) is 11.8 Å². The Hall–Kier alpha value is -0.585. The van der Waals surface area contributed by atoms with Gasteiger partial charge >= 0.3 is 6.98 Å². The van der Waals surface area contributed by atoms with Crippen LogP contribution in [-0.4, -0.2) is 22.4 Å². The van der Waals surface area contributed by atoms with E-state index < -0.39 is 12.6 Å². The third-order valence-corrected chi connectivity index (χ3v) is 2.21. The number of halogens is 3. The van der Waals surface area contributed by atoms with Gasteiger partial charge in [-0.05, 0) is 5.65 Å². The van der Waals surface area contributed by atoms with E-state index in [-0.39, 0.29) is 0 Å². The predicted octanol–water partition coefficient (Wildman–Crippen LogP) is 1.90. The van der Waals surface area contributed by atoms with Crippen molar-refractivity contribution in [3.63, 3.8) is 0 Å². The Bertz CT molecular complexity index is 259. The maximum Gasteiger partial charge on any atom is 0.488 e. The van der Waals surface area contributed by atoms with Gasteiger partial charge in [0.2, 0.25) is 0 Å². The van der Waals surface area contributed by atoms with Crippen molar-refractivity contribution in [1.82, 2.24) is 9.78 Å². The molecule has 1 heterocycles. The van der Waals surface area contributed by atoms with E-state index in [2.05, 4.69) is 5.10 Å². The van der Waals surface area contributed by atoms with E-state index in [1.807, 2.05) is 0 Å². The number of nitrogens with zero attached hydrogens (tertiary/aromatic N) is 2. The highest BCUT2D eigenvalue weighted by atomic mass is 32.2. The van der Waals surface area contributed by atoms with Crippen LogP contribution in [0.2, 0.25) is 0 Å². The fourth-order valence-electron chi connectivity index (χ4n) is 0.664. The fraction of sp³-hybridized carbons (Fsp3) is 0.400. The van der Waals surface area contributed by atoms with Gasteiger partial charge in [-0.1, -0.05) is 0 Å². The third-order valence-electron chi connectivity index (χ3n) is 1.12. The highest BCUT2D eigenvalue weighted by molar-refractivity contribution is 8.00. The number of aryl methyl sites for hydroxylation is 1. The smallest absolute Gasteiger partial charge is 0.448 e. The average molecular weight is 195 g/mol. The maximum absolute atomic E-state index is 11.8. The van der Waals surface area contributed by atoms with Gasteiger partial charge in [-0.25, -0.2) is 0 Å². The molecule has 1 rings (SSSR count). The van der Waals surface area contributed by atoms with Crippen molar-refractivity contribution in [3.8, 4) is 0 Å². The molecule has 0 aliphatic carbocycles. The molecule has 0 bridgehead atoms. The van der Waals surface area contributed by atoms with E-state index in [1.165, 1.54) is 10.9 Å². The summed E-state index contributed by atoms with van der Waals surface area (Å²) in [6.07, 6.45) is 2.99. The van der Waals surface area contributed by atoms with Crippen LogP contribution in [0.3, 0.4) is 0 Å². The minimum absolute atomic E-state index is 0.553. The van der Waals surface area contributed by atoms with Crippen molar-refractivity contribution >= 4 is 18.7 Å². The zero-order valence-corrected chi connectivity index (χ0v) is 7.19. The standard InChI is InChI=1S/C5H7BF3N2S/c1-11-3-5(2-10-11)12-4-6(7,8)9/h2-3H,4H2,1H3/q-1. The van der Waals surface area contributed by atoms with E-state index in [9.17, 15) is 12.9 Å². The average Bonchev–Trinajstić information content (AvgIpc) is 2.30. The number of hydrogen-bond donors (Lipinski definition) is 0. The van der Waals surface area contributed by atoms with Gasteiger partial charge in [0.05, 0.1) is 6.20 Å². The maximum atomic E-state index is 11.8. The van der Waals surface area contributed by atoms with E-state index in [4.69, 9.17) is 0 Å². The summed E-state index contributed by atoms with van der Waals surface area (Å²) in [7, 11) is 1.67. The van der Waals surface area contributed by atoms with Crippen LogP contribution in [-0.2, 0) is 7.05 Å². The summed E-state index contributed by atoms with van der Waals surface area (Å²) in [4.78, 5) is 0.553. The van der Waals surface area contributed by atoms with Gasteiger partial charge in [0.15, 0.2) is 0 Å². The molecular formula is C5H7BF3N2S-. The quantitative estimate of drug-likeness (QED) is 0.541. The molecule has 0 aliphatic rings. The Morgan fingerprint density at radius 3 is 2.67 bits per heavy atom. The second-order valence-electron chi connectivity index (χ2n) is 2.37. The highest BCUT2D eigenvalue weighted by Crippen LogP contribution is 2.23. The summed E-state index contributed by atoms with van der Waals surface area (Å²) >= 11 is 0.768. The van der Waals surface area contributed by atoms with Crippen LogP contribution in [0.15, 0.2) is 17.3 Å². The molecule has 0 saturated carbocycles. The van der Waals surface area contributed by atoms with E-state index in [1.54, 1.807) is 13.2 Å². The van der Waals surface area contributed by atoms with Crippen LogP contribution >= 0.6 is 11.8 Å². The minimum Gasteiger partial charge on any atom is -0.448 e. The lowest BCUT2D eigenvalue weighted by Gasteiger charge is -2.10. The van der Waals surface area contributed by atoms with Gasteiger partial charge in [-0.3, -0.25) is 4.68 Å². The summed E-state index contributed by atoms with van der Waals surface area (Å²) in [5.41, 5.74) is -0.800. The predicted molar refractivity (Wildman–Crippen MR) is 43.0 cm³/mol. The molecular weight excluding hydrogens is 188 g/mol. The highest BCUT2D eigenvalue weighted by Gasteiger charge is 2.22. The first-order valence-corrected chi connectivity index (χ1v) is 4.28. The number of rotatable bonds is 3. The van der Waals surface area contributed by atoms with Gasteiger partial charge in [0.1, 0.15) is 0 Å². The number of aromatic nitrogens is 2. The zero-order chi connectivity index (χ0) is 9.19. The van der Waals surface area contributed by atoms with Crippen molar-refractivity contribution in [2.75, 3.05) is 5.65 Å². The van der Waals surface area contributed by atoms with Crippen LogP contribution in [0.4, 0.5) is 12.9 Å². The fourth-order valence-corrected chi connectivity index (χ4v) is 1.39. The Kier molecular flexibility index (Phi) is 2.71. The van der Waals surface area contributed by atoms with Gasteiger partial charge in [0.25, 0.3) is 0 Å². The topological polar surface area (TPSA) is 17.8 Å². The molecule has 2 nitrogen and oxygen atoms in total. The molecule has 12 heavy (non-hydrogen) atoms. The number of hydrogen-bond acceptors (Lipinski definition) is 2. The van der Waals surface area contributed by atoms with Crippen molar-refractivity contribution in [1.29, 1.82) is 0 Å². The summed E-state index contributed by atoms with van der Waals surface area (Å²) in [6, 6.07) is 0. The van der Waals surface area contributed by atoms with Crippen LogP contribution in [0.1, 0.15) is 0 Å². The molecule has 1 aromatic heterocycles. The molecule has 0 fully saturated rings. The van der Waals surface area contributed by atoms with Crippen LogP contribution < -0.4 is 0 Å². The van der Waals surface area contributed by atoms with E-state index in [0.29, 0.717) is 4.90 Å². The molecule has 7 heteroatoms. The van der Waals surface area contributed by atoms with E-state index >= 15 is 0 Å². The van der Waals surface area contributed by atoms with Crippen molar-refractivity contribution in [2.45, 2.75) is 4.90 Å². The lowest BCUT2D eigenvalue weighted by atomic mass is 9.98. The largest absolute Gasteiger partial charge is 0.488 e. The van der Waals surface area contributed by atoms with Gasteiger partial charge < -0.3 is 12.9 Å². The minimum atomic E-state index is -4.69. The van der Waals surface area contributed by atoms with Gasteiger partial charge in [0, 0.05) is 18.1 Å². The van der Waals surface area contributed by atoms with Crippen molar-refractivity contribution < 1.29 is 12.9 Å². The second-order valence-corrected chi connectivity index (χ2v) is 3.46. The normalized spacial score (nSPS) is 12.0. The summed E-state index contributed by atoms with van der Waals surface area (Å²) < 4.78 is 36.8. The molecule has 0 amide bonds. The Morgan fingerprint density at radius 2 is 2.25 bits per heavy atom. The molecule has 0 saturated heterocycles. The lowest BCUT2D eigenvalue weighted by Crippen LogP contribution is -2.18. The van der Waals surface area contributed by atoms with Gasteiger partial charge in [-0.15, -0.1) is 0 Å². The molecule has 0 unspecified atom stereocenters. The first-order valence-electron chi connectivity index (χ1n) is 3.30. The Balaban J connectivity index is 2.44. The second kappa shape index (κ2) is 3.43. The number of thioether (sulfide) groups is 1. The monoisotopic (exact) mass is 195 g/mol. The Morgan fingerprint density at radius 1 is 1.58 bits per heavy atom. The van der Waals surface area contributed by atoms with Crippen molar-refractivity contribution in [2.24, 2.45) is 7.05 Å². The SMILES string of the molecule is Cn1cc(SC[B-](F)(F)F)cn1. The zero-order valence-electron chi connectivity index (χ0n) is 6.38.